The van der Waals surface area contributed by atoms with Gasteiger partial charge in [0.1, 0.15) is 5.76 Å². The topological polar surface area (TPSA) is 37.2 Å². The molecule has 0 amide bonds. The minimum atomic E-state index is 0.576. The van der Waals surface area contributed by atoms with Crippen molar-refractivity contribution in [2.24, 2.45) is 0 Å². The Bertz CT molecular complexity index is 722. The summed E-state index contributed by atoms with van der Waals surface area (Å²) in [5, 5.41) is 9.27. The Hall–Kier alpha value is -2.33. The van der Waals surface area contributed by atoms with Crippen LogP contribution in [0.3, 0.4) is 0 Å². The minimum Gasteiger partial charge on any atom is -0.467 e. The highest BCUT2D eigenvalue weighted by molar-refractivity contribution is 7.80. The third kappa shape index (κ3) is 2.97. The van der Waals surface area contributed by atoms with E-state index in [9.17, 15) is 0 Å². The normalized spacial score (nSPS) is 10.4. The molecule has 3 nitrogen and oxygen atoms in total. The van der Waals surface area contributed by atoms with Crippen LogP contribution in [-0.2, 0) is 6.54 Å². The van der Waals surface area contributed by atoms with Crippen molar-refractivity contribution in [2.75, 3.05) is 5.32 Å². The molecule has 0 saturated heterocycles. The second-order valence-corrected chi connectivity index (χ2v) is 4.86. The van der Waals surface area contributed by atoms with Crippen molar-refractivity contribution in [3.05, 3.63) is 66.6 Å². The molecule has 2 aromatic carbocycles. The summed E-state index contributed by atoms with van der Waals surface area (Å²) >= 11 is 5.27. The third-order valence-electron chi connectivity index (χ3n) is 3.01. The van der Waals surface area contributed by atoms with Gasteiger partial charge in [-0.05, 0) is 47.3 Å². The molecule has 1 aromatic heterocycles. The van der Waals surface area contributed by atoms with Crippen LogP contribution >= 0.6 is 12.2 Å². The van der Waals surface area contributed by atoms with E-state index in [1.165, 1.54) is 10.8 Å². The van der Waals surface area contributed by atoms with E-state index in [0.717, 1.165) is 11.4 Å². The summed E-state index contributed by atoms with van der Waals surface area (Å²) in [6.45, 7) is 0.576. The number of hydrogen-bond donors (Lipinski definition) is 2. The van der Waals surface area contributed by atoms with Crippen molar-refractivity contribution < 1.29 is 4.42 Å². The van der Waals surface area contributed by atoms with Crippen LogP contribution in [0.2, 0.25) is 0 Å². The molecule has 20 heavy (non-hydrogen) atoms. The Morgan fingerprint density at radius 2 is 1.85 bits per heavy atom. The molecule has 3 rings (SSSR count). The lowest BCUT2D eigenvalue weighted by Gasteiger charge is -2.10. The first-order valence-electron chi connectivity index (χ1n) is 6.37. The summed E-state index contributed by atoms with van der Waals surface area (Å²) in [5.74, 6) is 0.854. The zero-order chi connectivity index (χ0) is 13.8. The molecule has 0 aliphatic rings. The van der Waals surface area contributed by atoms with Crippen LogP contribution in [0.5, 0.6) is 0 Å². The van der Waals surface area contributed by atoms with E-state index in [-0.39, 0.29) is 0 Å². The maximum atomic E-state index is 5.27. The average Bonchev–Trinajstić information content (AvgIpc) is 2.98. The van der Waals surface area contributed by atoms with Gasteiger partial charge in [0.2, 0.25) is 0 Å². The molecular weight excluding hydrogens is 268 g/mol. The first-order chi connectivity index (χ1) is 9.81. The fraction of sp³-hybridized carbons (Fsp3) is 0.0625. The van der Waals surface area contributed by atoms with Crippen LogP contribution in [0.1, 0.15) is 5.76 Å². The fourth-order valence-corrected chi connectivity index (χ4v) is 2.21. The van der Waals surface area contributed by atoms with Gasteiger partial charge in [-0.3, -0.25) is 0 Å². The van der Waals surface area contributed by atoms with Crippen molar-refractivity contribution in [3.8, 4) is 0 Å². The SMILES string of the molecule is S=C(NCc1ccco1)Nc1ccc2ccccc2c1. The Balaban J connectivity index is 1.65. The monoisotopic (exact) mass is 282 g/mol. The van der Waals surface area contributed by atoms with Gasteiger partial charge in [0.15, 0.2) is 5.11 Å². The van der Waals surface area contributed by atoms with Crippen LogP contribution < -0.4 is 10.6 Å². The van der Waals surface area contributed by atoms with Crippen LogP contribution in [-0.4, -0.2) is 5.11 Å². The first-order valence-corrected chi connectivity index (χ1v) is 6.78. The molecule has 2 N–H and O–H groups in total. The van der Waals surface area contributed by atoms with Crippen molar-refractivity contribution >= 4 is 33.8 Å². The molecule has 100 valence electrons. The Morgan fingerprint density at radius 3 is 2.65 bits per heavy atom. The Labute approximate surface area is 122 Å². The lowest BCUT2D eigenvalue weighted by atomic mass is 10.1. The molecule has 4 heteroatoms. The fourth-order valence-electron chi connectivity index (χ4n) is 2.02. The lowest BCUT2D eigenvalue weighted by molar-refractivity contribution is 0.503. The number of fused-ring (bicyclic) bond motifs is 1. The zero-order valence-electron chi connectivity index (χ0n) is 10.8. The van der Waals surface area contributed by atoms with E-state index < -0.39 is 0 Å². The van der Waals surface area contributed by atoms with Gasteiger partial charge >= 0.3 is 0 Å². The second kappa shape index (κ2) is 5.75. The molecular formula is C16H14N2OS. The molecule has 0 aliphatic heterocycles. The van der Waals surface area contributed by atoms with Gasteiger partial charge in [-0.2, -0.15) is 0 Å². The average molecular weight is 282 g/mol. The van der Waals surface area contributed by atoms with Crippen molar-refractivity contribution in [2.45, 2.75) is 6.54 Å². The maximum absolute atomic E-state index is 5.27. The van der Waals surface area contributed by atoms with Crippen LogP contribution in [0, 0.1) is 0 Å². The van der Waals surface area contributed by atoms with E-state index in [4.69, 9.17) is 16.6 Å². The van der Waals surface area contributed by atoms with E-state index in [0.29, 0.717) is 11.7 Å². The highest BCUT2D eigenvalue weighted by Crippen LogP contribution is 2.18. The Morgan fingerprint density at radius 1 is 1.00 bits per heavy atom. The molecule has 1 heterocycles. The van der Waals surface area contributed by atoms with Crippen LogP contribution in [0.15, 0.2) is 65.3 Å². The van der Waals surface area contributed by atoms with E-state index in [1.54, 1.807) is 6.26 Å². The first kappa shape index (κ1) is 12.7. The van der Waals surface area contributed by atoms with Gasteiger partial charge in [-0.15, -0.1) is 0 Å². The largest absolute Gasteiger partial charge is 0.467 e. The number of hydrogen-bond acceptors (Lipinski definition) is 2. The summed E-state index contributed by atoms with van der Waals surface area (Å²) in [7, 11) is 0. The van der Waals surface area contributed by atoms with Gasteiger partial charge in [-0.1, -0.05) is 30.3 Å². The van der Waals surface area contributed by atoms with Crippen molar-refractivity contribution in [1.82, 2.24) is 5.32 Å². The second-order valence-electron chi connectivity index (χ2n) is 4.45. The summed E-state index contributed by atoms with van der Waals surface area (Å²) in [6, 6.07) is 18.2. The highest BCUT2D eigenvalue weighted by Gasteiger charge is 2.00. The third-order valence-corrected chi connectivity index (χ3v) is 3.26. The van der Waals surface area contributed by atoms with E-state index >= 15 is 0 Å². The molecule has 0 radical (unpaired) electrons. The van der Waals surface area contributed by atoms with Crippen molar-refractivity contribution in [3.63, 3.8) is 0 Å². The molecule has 0 unspecified atom stereocenters. The predicted octanol–water partition coefficient (Wildman–Crippen LogP) is 3.92. The number of nitrogens with one attached hydrogen (secondary N) is 2. The molecule has 0 bridgehead atoms. The number of benzene rings is 2. The standard InChI is InChI=1S/C16H14N2OS/c20-16(17-11-15-6-3-9-19-15)18-14-8-7-12-4-1-2-5-13(12)10-14/h1-10H,11H2,(H2,17,18,20). The summed E-state index contributed by atoms with van der Waals surface area (Å²) in [4.78, 5) is 0. The van der Waals surface area contributed by atoms with Gasteiger partial charge < -0.3 is 15.1 Å². The molecule has 0 aliphatic carbocycles. The zero-order valence-corrected chi connectivity index (χ0v) is 11.6. The number of furan rings is 1. The number of thiocarbonyl (C=S) groups is 1. The van der Waals surface area contributed by atoms with E-state index in [2.05, 4.69) is 34.9 Å². The molecule has 3 aromatic rings. The molecule has 0 saturated carbocycles. The number of anilines is 1. The molecule has 0 atom stereocenters. The van der Waals surface area contributed by atoms with Gasteiger partial charge in [0.05, 0.1) is 12.8 Å². The minimum absolute atomic E-state index is 0.576. The van der Waals surface area contributed by atoms with E-state index in [1.807, 2.05) is 30.3 Å². The Kier molecular flexibility index (Phi) is 3.65. The van der Waals surface area contributed by atoms with Gasteiger partial charge in [0, 0.05) is 5.69 Å². The summed E-state index contributed by atoms with van der Waals surface area (Å²) in [6.07, 6.45) is 1.65. The van der Waals surface area contributed by atoms with Gasteiger partial charge in [-0.25, -0.2) is 0 Å². The van der Waals surface area contributed by atoms with Crippen LogP contribution in [0.4, 0.5) is 5.69 Å². The van der Waals surface area contributed by atoms with Gasteiger partial charge in [0.25, 0.3) is 0 Å². The summed E-state index contributed by atoms with van der Waals surface area (Å²) < 4.78 is 5.24. The smallest absolute Gasteiger partial charge is 0.171 e. The number of rotatable bonds is 3. The van der Waals surface area contributed by atoms with Crippen LogP contribution in [0.25, 0.3) is 10.8 Å². The van der Waals surface area contributed by atoms with Crippen molar-refractivity contribution in [1.29, 1.82) is 0 Å². The highest BCUT2D eigenvalue weighted by atomic mass is 32.1. The molecule has 0 fully saturated rings. The lowest BCUT2D eigenvalue weighted by Crippen LogP contribution is -2.27. The maximum Gasteiger partial charge on any atom is 0.171 e. The predicted molar refractivity (Wildman–Crippen MR) is 85.7 cm³/mol. The quantitative estimate of drug-likeness (QED) is 0.714. The summed E-state index contributed by atoms with van der Waals surface area (Å²) in [5.41, 5.74) is 0.973. The molecule has 0 spiro atoms.